The van der Waals surface area contributed by atoms with Crippen LogP contribution in [0.15, 0.2) is 0 Å². The van der Waals surface area contributed by atoms with Crippen LogP contribution in [0.2, 0.25) is 0 Å². The van der Waals surface area contributed by atoms with Gasteiger partial charge in [-0.2, -0.15) is 0 Å². The molecule has 0 aliphatic carbocycles. The highest BCUT2D eigenvalue weighted by molar-refractivity contribution is 7.17. The third-order valence-electron chi connectivity index (χ3n) is 2.18. The van der Waals surface area contributed by atoms with Crippen molar-refractivity contribution in [3.8, 4) is 0 Å². The van der Waals surface area contributed by atoms with Crippen LogP contribution < -0.4 is 16.0 Å². The van der Waals surface area contributed by atoms with E-state index >= 15 is 0 Å². The van der Waals surface area contributed by atoms with Crippen molar-refractivity contribution in [3.63, 3.8) is 0 Å². The molecule has 1 rings (SSSR count). The van der Waals surface area contributed by atoms with Crippen LogP contribution in [0.25, 0.3) is 0 Å². The largest absolute Gasteiger partial charge is 0.363 e. The number of hydrogen-bond acceptors (Lipinski definition) is 6. The summed E-state index contributed by atoms with van der Waals surface area (Å²) in [5.74, 6) is 0.0396. The van der Waals surface area contributed by atoms with E-state index in [1.165, 1.54) is 11.3 Å². The van der Waals surface area contributed by atoms with Gasteiger partial charge >= 0.3 is 0 Å². The number of nitrogens with one attached hydrogen (secondary N) is 3. The van der Waals surface area contributed by atoms with Gasteiger partial charge in [-0.05, 0) is 5.92 Å². The average Bonchev–Trinajstić information content (AvgIpc) is 2.85. The first kappa shape index (κ1) is 15.4. The van der Waals surface area contributed by atoms with Crippen LogP contribution in [0.3, 0.4) is 0 Å². The third-order valence-corrected chi connectivity index (χ3v) is 3.12. The van der Waals surface area contributed by atoms with Crippen LogP contribution in [-0.4, -0.2) is 42.1 Å². The van der Waals surface area contributed by atoms with E-state index in [0.717, 1.165) is 0 Å². The molecule has 0 saturated carbocycles. The summed E-state index contributed by atoms with van der Waals surface area (Å²) in [6.45, 7) is 4.99. The number of carbonyl (C=O) groups is 2. The molecule has 1 aromatic rings. The molecule has 8 heteroatoms. The van der Waals surface area contributed by atoms with Gasteiger partial charge in [-0.3, -0.25) is 9.59 Å². The highest BCUT2D eigenvalue weighted by atomic mass is 32.1. The molecule has 0 aliphatic rings. The average molecular weight is 285 g/mol. The second kappa shape index (κ2) is 7.67. The van der Waals surface area contributed by atoms with Gasteiger partial charge in [0.15, 0.2) is 0 Å². The number of rotatable bonds is 7. The molecule has 19 heavy (non-hydrogen) atoms. The summed E-state index contributed by atoms with van der Waals surface area (Å²) in [6, 6.07) is 0. The molecule has 0 spiro atoms. The van der Waals surface area contributed by atoms with Crippen molar-refractivity contribution in [2.75, 3.05) is 25.5 Å². The van der Waals surface area contributed by atoms with Gasteiger partial charge in [-0.15, -0.1) is 10.2 Å². The molecule has 7 nitrogen and oxygen atoms in total. The van der Waals surface area contributed by atoms with Gasteiger partial charge in [0.25, 0.3) is 5.91 Å². The lowest BCUT2D eigenvalue weighted by Crippen LogP contribution is -2.32. The van der Waals surface area contributed by atoms with E-state index in [4.69, 9.17) is 0 Å². The van der Waals surface area contributed by atoms with E-state index in [9.17, 15) is 9.59 Å². The van der Waals surface area contributed by atoms with Crippen LogP contribution in [0.1, 0.15) is 30.1 Å². The molecule has 0 unspecified atom stereocenters. The van der Waals surface area contributed by atoms with E-state index in [1.807, 2.05) is 13.8 Å². The molecule has 0 aromatic carbocycles. The van der Waals surface area contributed by atoms with Gasteiger partial charge in [0.05, 0.1) is 0 Å². The van der Waals surface area contributed by atoms with Gasteiger partial charge in [-0.1, -0.05) is 25.2 Å². The smallest absolute Gasteiger partial charge is 0.282 e. The van der Waals surface area contributed by atoms with E-state index in [0.29, 0.717) is 17.6 Å². The Morgan fingerprint density at radius 3 is 2.58 bits per heavy atom. The number of carbonyl (C=O) groups excluding carboxylic acids is 2. The Balaban J connectivity index is 2.25. The lowest BCUT2D eigenvalue weighted by atomic mass is 10.2. The van der Waals surface area contributed by atoms with Crippen LogP contribution >= 0.6 is 11.3 Å². The van der Waals surface area contributed by atoms with Crippen molar-refractivity contribution in [2.45, 2.75) is 20.3 Å². The molecule has 106 valence electrons. The number of anilines is 1. The van der Waals surface area contributed by atoms with Crippen molar-refractivity contribution in [3.05, 3.63) is 5.01 Å². The maximum atomic E-state index is 11.7. The first-order valence-corrected chi connectivity index (χ1v) is 6.90. The topological polar surface area (TPSA) is 96.0 Å². The molecule has 2 amide bonds. The number of amides is 2. The molecule has 0 fully saturated rings. The molecule has 1 aromatic heterocycles. The van der Waals surface area contributed by atoms with Gasteiger partial charge in [0.2, 0.25) is 16.0 Å². The Morgan fingerprint density at radius 2 is 2.00 bits per heavy atom. The van der Waals surface area contributed by atoms with Crippen LogP contribution in [0.5, 0.6) is 0 Å². The van der Waals surface area contributed by atoms with E-state index in [-0.39, 0.29) is 29.8 Å². The fraction of sp³-hybridized carbons (Fsp3) is 0.636. The second-order valence-electron chi connectivity index (χ2n) is 4.37. The zero-order chi connectivity index (χ0) is 14.3. The summed E-state index contributed by atoms with van der Waals surface area (Å²) >= 11 is 1.17. The van der Waals surface area contributed by atoms with Crippen LogP contribution in [0, 0.1) is 5.92 Å². The lowest BCUT2D eigenvalue weighted by Gasteiger charge is -2.07. The van der Waals surface area contributed by atoms with Crippen LogP contribution in [-0.2, 0) is 4.79 Å². The SMILES string of the molecule is CNc1nnc(C(=O)NCCC(=O)NCC(C)C)s1. The van der Waals surface area contributed by atoms with Gasteiger partial charge < -0.3 is 16.0 Å². The van der Waals surface area contributed by atoms with E-state index < -0.39 is 0 Å². The lowest BCUT2D eigenvalue weighted by molar-refractivity contribution is -0.121. The predicted octanol–water partition coefficient (Wildman–Crippen LogP) is 0.472. The summed E-state index contributed by atoms with van der Waals surface area (Å²) in [6.07, 6.45) is 0.260. The summed E-state index contributed by atoms with van der Waals surface area (Å²) in [5.41, 5.74) is 0. The summed E-state index contributed by atoms with van der Waals surface area (Å²) in [5, 5.41) is 16.6. The zero-order valence-corrected chi connectivity index (χ0v) is 12.1. The fourth-order valence-electron chi connectivity index (χ4n) is 1.19. The minimum Gasteiger partial charge on any atom is -0.363 e. The molecule has 1 heterocycles. The van der Waals surface area contributed by atoms with Crippen molar-refractivity contribution in [1.29, 1.82) is 0 Å². The predicted molar refractivity (Wildman–Crippen MR) is 74.3 cm³/mol. The monoisotopic (exact) mass is 285 g/mol. The molecular weight excluding hydrogens is 266 g/mol. The Kier molecular flexibility index (Phi) is 6.20. The van der Waals surface area contributed by atoms with E-state index in [1.54, 1.807) is 7.05 Å². The summed E-state index contributed by atoms with van der Waals surface area (Å²) in [4.78, 5) is 23.1. The fourth-order valence-corrected chi connectivity index (χ4v) is 1.80. The summed E-state index contributed by atoms with van der Waals surface area (Å²) in [7, 11) is 1.71. The van der Waals surface area contributed by atoms with Crippen molar-refractivity contribution >= 4 is 28.3 Å². The number of nitrogens with zero attached hydrogens (tertiary/aromatic N) is 2. The summed E-state index contributed by atoms with van der Waals surface area (Å²) < 4.78 is 0. The maximum absolute atomic E-state index is 11.7. The quantitative estimate of drug-likeness (QED) is 0.677. The Hall–Kier alpha value is -1.70. The van der Waals surface area contributed by atoms with Gasteiger partial charge in [-0.25, -0.2) is 0 Å². The Morgan fingerprint density at radius 1 is 1.26 bits per heavy atom. The first-order valence-electron chi connectivity index (χ1n) is 6.09. The Labute approximate surface area is 116 Å². The standard InChI is InChI=1S/C11H19N5O2S/c1-7(2)6-14-8(17)4-5-13-9(18)10-15-16-11(12-3)19-10/h7H,4-6H2,1-3H3,(H,12,16)(H,13,18)(H,14,17). The molecule has 0 saturated heterocycles. The van der Waals surface area contributed by atoms with Crippen molar-refractivity contribution < 1.29 is 9.59 Å². The third kappa shape index (κ3) is 5.64. The number of hydrogen-bond donors (Lipinski definition) is 3. The first-order chi connectivity index (χ1) is 9.02. The van der Waals surface area contributed by atoms with Crippen molar-refractivity contribution in [2.24, 2.45) is 5.92 Å². The Bertz CT molecular complexity index is 432. The number of aromatic nitrogens is 2. The normalized spacial score (nSPS) is 10.3. The molecule has 0 bridgehead atoms. The zero-order valence-electron chi connectivity index (χ0n) is 11.3. The minimum atomic E-state index is -0.310. The highest BCUT2D eigenvalue weighted by Crippen LogP contribution is 2.13. The molecular formula is C11H19N5O2S. The molecule has 0 radical (unpaired) electrons. The molecule has 0 aliphatic heterocycles. The van der Waals surface area contributed by atoms with Crippen LogP contribution in [0.4, 0.5) is 5.13 Å². The maximum Gasteiger partial charge on any atom is 0.282 e. The van der Waals surface area contributed by atoms with Crippen molar-refractivity contribution in [1.82, 2.24) is 20.8 Å². The highest BCUT2D eigenvalue weighted by Gasteiger charge is 2.12. The molecule has 0 atom stereocenters. The van der Waals surface area contributed by atoms with Gasteiger partial charge in [0, 0.05) is 26.6 Å². The molecule has 3 N–H and O–H groups in total. The van der Waals surface area contributed by atoms with E-state index in [2.05, 4.69) is 26.1 Å². The minimum absolute atomic E-state index is 0.0674. The van der Waals surface area contributed by atoms with Gasteiger partial charge in [0.1, 0.15) is 0 Å². The second-order valence-corrected chi connectivity index (χ2v) is 5.34.